The SMILES string of the molecule is CC(CN(C)C(=O)C(C)Oc1cccc(C(C)(C)C)c1)C(=O)O. The zero-order valence-electron chi connectivity index (χ0n) is 14.8. The van der Waals surface area contributed by atoms with Crippen molar-refractivity contribution in [2.24, 2.45) is 5.92 Å². The van der Waals surface area contributed by atoms with Crippen LogP contribution in [0.2, 0.25) is 0 Å². The Labute approximate surface area is 138 Å². The number of aliphatic carboxylic acids is 1. The number of nitrogens with zero attached hydrogens (tertiary/aromatic N) is 1. The molecule has 23 heavy (non-hydrogen) atoms. The van der Waals surface area contributed by atoms with Crippen molar-refractivity contribution in [3.05, 3.63) is 29.8 Å². The van der Waals surface area contributed by atoms with Gasteiger partial charge in [0.2, 0.25) is 0 Å². The first-order chi connectivity index (χ1) is 10.5. The molecule has 0 saturated carbocycles. The largest absolute Gasteiger partial charge is 0.481 e. The number of carbonyl (C=O) groups excluding carboxylic acids is 1. The second kappa shape index (κ2) is 7.49. The zero-order valence-corrected chi connectivity index (χ0v) is 14.8. The van der Waals surface area contributed by atoms with Gasteiger partial charge in [-0.25, -0.2) is 0 Å². The third-order valence-corrected chi connectivity index (χ3v) is 3.71. The van der Waals surface area contributed by atoms with E-state index in [4.69, 9.17) is 9.84 Å². The van der Waals surface area contributed by atoms with Gasteiger partial charge in [0.25, 0.3) is 5.91 Å². The topological polar surface area (TPSA) is 66.8 Å². The monoisotopic (exact) mass is 321 g/mol. The van der Waals surface area contributed by atoms with Crippen LogP contribution in [0.25, 0.3) is 0 Å². The number of amides is 1. The lowest BCUT2D eigenvalue weighted by Crippen LogP contribution is -2.41. The van der Waals surface area contributed by atoms with E-state index >= 15 is 0 Å². The summed E-state index contributed by atoms with van der Waals surface area (Å²) in [4.78, 5) is 24.6. The van der Waals surface area contributed by atoms with Crippen molar-refractivity contribution in [1.29, 1.82) is 0 Å². The fourth-order valence-corrected chi connectivity index (χ4v) is 2.18. The van der Waals surface area contributed by atoms with E-state index in [2.05, 4.69) is 20.8 Å². The number of benzene rings is 1. The minimum Gasteiger partial charge on any atom is -0.481 e. The van der Waals surface area contributed by atoms with E-state index in [1.807, 2.05) is 24.3 Å². The van der Waals surface area contributed by atoms with Crippen LogP contribution in [-0.2, 0) is 15.0 Å². The van der Waals surface area contributed by atoms with Gasteiger partial charge in [-0.1, -0.05) is 39.8 Å². The van der Waals surface area contributed by atoms with Crippen molar-refractivity contribution in [1.82, 2.24) is 4.90 Å². The second-order valence-corrected chi connectivity index (χ2v) is 7.00. The highest BCUT2D eigenvalue weighted by atomic mass is 16.5. The number of carboxylic acids is 1. The van der Waals surface area contributed by atoms with Crippen LogP contribution < -0.4 is 4.74 Å². The number of hydrogen-bond donors (Lipinski definition) is 1. The van der Waals surface area contributed by atoms with Gasteiger partial charge in [-0.2, -0.15) is 0 Å². The van der Waals surface area contributed by atoms with Crippen LogP contribution in [0, 0.1) is 5.92 Å². The summed E-state index contributed by atoms with van der Waals surface area (Å²) in [5, 5.41) is 8.92. The van der Waals surface area contributed by atoms with Gasteiger partial charge in [-0.15, -0.1) is 0 Å². The van der Waals surface area contributed by atoms with Crippen LogP contribution in [0.4, 0.5) is 0 Å². The summed E-state index contributed by atoms with van der Waals surface area (Å²) < 4.78 is 5.74. The lowest BCUT2D eigenvalue weighted by atomic mass is 9.87. The number of hydrogen-bond acceptors (Lipinski definition) is 3. The minimum atomic E-state index is -0.920. The predicted molar refractivity (Wildman–Crippen MR) is 89.7 cm³/mol. The van der Waals surface area contributed by atoms with Gasteiger partial charge >= 0.3 is 5.97 Å². The number of likely N-dealkylation sites (N-methyl/N-ethyl adjacent to an activating group) is 1. The van der Waals surface area contributed by atoms with E-state index < -0.39 is 18.0 Å². The van der Waals surface area contributed by atoms with Crippen LogP contribution in [0.5, 0.6) is 5.75 Å². The van der Waals surface area contributed by atoms with Crippen LogP contribution in [0.3, 0.4) is 0 Å². The van der Waals surface area contributed by atoms with E-state index in [0.717, 1.165) is 5.56 Å². The van der Waals surface area contributed by atoms with E-state index in [0.29, 0.717) is 5.75 Å². The minimum absolute atomic E-state index is 0.000326. The Hall–Kier alpha value is -2.04. The summed E-state index contributed by atoms with van der Waals surface area (Å²) in [5.74, 6) is -1.13. The molecule has 0 spiro atoms. The van der Waals surface area contributed by atoms with Gasteiger partial charge in [-0.3, -0.25) is 9.59 Å². The molecule has 1 N–H and O–H groups in total. The van der Waals surface area contributed by atoms with Gasteiger partial charge in [0, 0.05) is 13.6 Å². The first-order valence-electron chi connectivity index (χ1n) is 7.77. The maximum Gasteiger partial charge on any atom is 0.308 e. The van der Waals surface area contributed by atoms with Gasteiger partial charge in [0.1, 0.15) is 5.75 Å². The molecule has 1 aromatic rings. The van der Waals surface area contributed by atoms with Gasteiger partial charge in [0.15, 0.2) is 6.10 Å². The van der Waals surface area contributed by atoms with Crippen molar-refractivity contribution < 1.29 is 19.4 Å². The molecule has 0 aliphatic rings. The molecule has 1 aromatic carbocycles. The van der Waals surface area contributed by atoms with Crippen LogP contribution >= 0.6 is 0 Å². The average molecular weight is 321 g/mol. The molecule has 0 radical (unpaired) electrons. The molecule has 0 saturated heterocycles. The summed E-state index contributed by atoms with van der Waals surface area (Å²) in [6.07, 6.45) is -0.670. The summed E-state index contributed by atoms with van der Waals surface area (Å²) in [5.41, 5.74) is 1.13. The summed E-state index contributed by atoms with van der Waals surface area (Å²) in [6, 6.07) is 7.69. The molecule has 2 atom stereocenters. The van der Waals surface area contributed by atoms with Gasteiger partial charge < -0.3 is 14.7 Å². The summed E-state index contributed by atoms with van der Waals surface area (Å²) >= 11 is 0. The Bertz CT molecular complexity index is 562. The second-order valence-electron chi connectivity index (χ2n) is 7.00. The standard InChI is InChI=1S/C18H27NO4/c1-12(17(21)22)11-19(6)16(20)13(2)23-15-9-7-8-14(10-15)18(3,4)5/h7-10,12-13H,11H2,1-6H3,(H,21,22). The predicted octanol–water partition coefficient (Wildman–Crippen LogP) is 2.93. The molecule has 2 unspecified atom stereocenters. The van der Waals surface area contributed by atoms with Crippen LogP contribution in [0.1, 0.15) is 40.2 Å². The molecule has 5 heteroatoms. The number of ether oxygens (including phenoxy) is 1. The molecular weight excluding hydrogens is 294 g/mol. The van der Waals surface area contributed by atoms with Crippen molar-refractivity contribution in [2.75, 3.05) is 13.6 Å². The molecule has 0 heterocycles. The number of rotatable bonds is 6. The molecule has 0 aliphatic carbocycles. The average Bonchev–Trinajstić information content (AvgIpc) is 2.45. The zero-order chi connectivity index (χ0) is 17.8. The van der Waals surface area contributed by atoms with Gasteiger partial charge in [0.05, 0.1) is 5.92 Å². The molecular formula is C18H27NO4. The Kier molecular flexibility index (Phi) is 6.19. The van der Waals surface area contributed by atoms with Crippen molar-refractivity contribution >= 4 is 11.9 Å². The molecule has 0 aliphatic heterocycles. The fraction of sp³-hybridized carbons (Fsp3) is 0.556. The smallest absolute Gasteiger partial charge is 0.308 e. The maximum atomic E-state index is 12.3. The molecule has 128 valence electrons. The highest BCUT2D eigenvalue weighted by Crippen LogP contribution is 2.26. The van der Waals surface area contributed by atoms with E-state index in [-0.39, 0.29) is 17.9 Å². The summed E-state index contributed by atoms with van der Waals surface area (Å²) in [6.45, 7) is 9.74. The van der Waals surface area contributed by atoms with Crippen LogP contribution in [0.15, 0.2) is 24.3 Å². The quantitative estimate of drug-likeness (QED) is 0.875. The van der Waals surface area contributed by atoms with Gasteiger partial charge in [-0.05, 0) is 30.0 Å². The van der Waals surface area contributed by atoms with E-state index in [9.17, 15) is 9.59 Å². The lowest BCUT2D eigenvalue weighted by molar-refractivity contribution is -0.144. The molecule has 1 rings (SSSR count). The maximum absolute atomic E-state index is 12.3. The Morgan fingerprint density at radius 3 is 2.39 bits per heavy atom. The third-order valence-electron chi connectivity index (χ3n) is 3.71. The van der Waals surface area contributed by atoms with Crippen molar-refractivity contribution in [3.63, 3.8) is 0 Å². The first-order valence-corrected chi connectivity index (χ1v) is 7.77. The van der Waals surface area contributed by atoms with Crippen molar-refractivity contribution in [3.8, 4) is 5.75 Å². The highest BCUT2D eigenvalue weighted by molar-refractivity contribution is 5.81. The number of carbonyl (C=O) groups is 2. The Morgan fingerprint density at radius 1 is 1.26 bits per heavy atom. The molecule has 0 bridgehead atoms. The summed E-state index contributed by atoms with van der Waals surface area (Å²) in [7, 11) is 1.59. The Morgan fingerprint density at radius 2 is 1.87 bits per heavy atom. The Balaban J connectivity index is 2.73. The van der Waals surface area contributed by atoms with Crippen LogP contribution in [-0.4, -0.2) is 41.6 Å². The third kappa shape index (κ3) is 5.58. The number of carboxylic acid groups (broad SMARTS) is 1. The van der Waals surface area contributed by atoms with E-state index in [1.54, 1.807) is 20.9 Å². The normalized spacial score (nSPS) is 14.0. The molecule has 1 amide bonds. The fourth-order valence-electron chi connectivity index (χ4n) is 2.18. The van der Waals surface area contributed by atoms with E-state index in [1.165, 1.54) is 4.90 Å². The molecule has 0 aromatic heterocycles. The molecule has 0 fully saturated rings. The first kappa shape index (κ1) is 19.0. The highest BCUT2D eigenvalue weighted by Gasteiger charge is 2.23. The van der Waals surface area contributed by atoms with Crippen molar-refractivity contribution in [2.45, 2.75) is 46.1 Å². The lowest BCUT2D eigenvalue weighted by Gasteiger charge is -2.24. The molecule has 5 nitrogen and oxygen atoms in total.